The summed E-state index contributed by atoms with van der Waals surface area (Å²) < 4.78 is 5.99. The molecule has 1 aromatic carbocycles. The summed E-state index contributed by atoms with van der Waals surface area (Å²) in [6.07, 6.45) is 12.7. The van der Waals surface area contributed by atoms with E-state index in [4.69, 9.17) is 4.74 Å². The van der Waals surface area contributed by atoms with Gasteiger partial charge in [-0.2, -0.15) is 0 Å². The molecule has 1 rings (SSSR count). The Morgan fingerprint density at radius 1 is 0.840 bits per heavy atom. The lowest BCUT2D eigenvalue weighted by Crippen LogP contribution is -2.13. The normalized spacial score (nSPS) is 10.6. The molecule has 0 unspecified atom stereocenters. The maximum absolute atomic E-state index is 11.9. The number of benzene rings is 1. The molecule has 0 radical (unpaired) electrons. The molecule has 0 atom stereocenters. The first-order valence-corrected chi connectivity index (χ1v) is 10.4. The topological polar surface area (TPSA) is 43.4 Å². The second-order valence-corrected chi connectivity index (χ2v) is 7.44. The molecule has 0 amide bonds. The van der Waals surface area contributed by atoms with Crippen LogP contribution in [0.4, 0.5) is 0 Å². The predicted molar refractivity (Wildman–Crippen MR) is 106 cm³/mol. The molecule has 140 valence electrons. The van der Waals surface area contributed by atoms with Crippen molar-refractivity contribution in [2.75, 3.05) is 6.61 Å². The first-order valence-electron chi connectivity index (χ1n) is 9.58. The van der Waals surface area contributed by atoms with Gasteiger partial charge in [0.2, 0.25) is 0 Å². The second-order valence-electron chi connectivity index (χ2n) is 6.52. The van der Waals surface area contributed by atoms with Crippen LogP contribution in [0.15, 0.2) is 28.7 Å². The fourth-order valence-electron chi connectivity index (χ4n) is 2.69. The molecule has 25 heavy (non-hydrogen) atoms. The molecule has 0 spiro atoms. The molecular formula is C21H31BrO3. The van der Waals surface area contributed by atoms with Crippen LogP contribution in [0.1, 0.15) is 87.9 Å². The molecule has 0 bridgehead atoms. The van der Waals surface area contributed by atoms with Gasteiger partial charge in [0.1, 0.15) is 0 Å². The fourth-order valence-corrected chi connectivity index (χ4v) is 2.96. The van der Waals surface area contributed by atoms with Gasteiger partial charge in [-0.1, -0.05) is 92.8 Å². The third-order valence-electron chi connectivity index (χ3n) is 4.26. The number of rotatable bonds is 14. The third kappa shape index (κ3) is 11.1. The van der Waals surface area contributed by atoms with Crippen molar-refractivity contribution in [2.24, 2.45) is 0 Å². The predicted octanol–water partition coefficient (Wildman–Crippen LogP) is 6.49. The number of esters is 1. The van der Waals surface area contributed by atoms with E-state index in [1.807, 2.05) is 0 Å². The van der Waals surface area contributed by atoms with Gasteiger partial charge in [-0.05, 0) is 18.6 Å². The van der Waals surface area contributed by atoms with Crippen molar-refractivity contribution in [3.8, 4) is 0 Å². The molecule has 0 aliphatic carbocycles. The monoisotopic (exact) mass is 410 g/mol. The van der Waals surface area contributed by atoms with Gasteiger partial charge in [0.25, 0.3) is 0 Å². The van der Waals surface area contributed by atoms with Crippen molar-refractivity contribution in [3.05, 3.63) is 34.3 Å². The highest BCUT2D eigenvalue weighted by atomic mass is 79.9. The van der Waals surface area contributed by atoms with Gasteiger partial charge in [-0.15, -0.1) is 0 Å². The Bertz CT molecular complexity index is 496. The van der Waals surface area contributed by atoms with Gasteiger partial charge in [0.15, 0.2) is 12.4 Å². The van der Waals surface area contributed by atoms with E-state index in [1.54, 1.807) is 24.3 Å². The minimum atomic E-state index is -0.273. The smallest absolute Gasteiger partial charge is 0.306 e. The Hall–Kier alpha value is -1.16. The van der Waals surface area contributed by atoms with E-state index in [-0.39, 0.29) is 18.4 Å². The molecule has 0 N–H and O–H groups in total. The van der Waals surface area contributed by atoms with Crippen LogP contribution in [0.25, 0.3) is 0 Å². The molecule has 0 fully saturated rings. The summed E-state index contributed by atoms with van der Waals surface area (Å²) in [6.45, 7) is 2.07. The minimum Gasteiger partial charge on any atom is -0.457 e. The number of Topliss-reactive ketones (excluding diaryl/α,β-unsaturated/α-hetero) is 1. The van der Waals surface area contributed by atoms with Gasteiger partial charge in [0.05, 0.1) is 0 Å². The lowest BCUT2D eigenvalue weighted by Gasteiger charge is -2.05. The number of ketones is 1. The molecule has 1 aromatic rings. The zero-order chi connectivity index (χ0) is 18.3. The van der Waals surface area contributed by atoms with Crippen LogP contribution in [0.5, 0.6) is 0 Å². The third-order valence-corrected chi connectivity index (χ3v) is 4.79. The lowest BCUT2D eigenvalue weighted by molar-refractivity contribution is -0.142. The Morgan fingerprint density at radius 2 is 1.36 bits per heavy atom. The summed E-state index contributed by atoms with van der Waals surface area (Å²) in [5.74, 6) is -0.436. The highest BCUT2D eigenvalue weighted by Gasteiger charge is 2.09. The van der Waals surface area contributed by atoms with E-state index < -0.39 is 0 Å². The van der Waals surface area contributed by atoms with Crippen LogP contribution >= 0.6 is 15.9 Å². The van der Waals surface area contributed by atoms with Gasteiger partial charge in [0, 0.05) is 16.5 Å². The van der Waals surface area contributed by atoms with Crippen LogP contribution in [0.2, 0.25) is 0 Å². The van der Waals surface area contributed by atoms with Gasteiger partial charge in [-0.25, -0.2) is 0 Å². The van der Waals surface area contributed by atoms with Crippen LogP contribution in [-0.2, 0) is 9.53 Å². The Balaban J connectivity index is 1.98. The minimum absolute atomic E-state index is 0.163. The molecular weight excluding hydrogens is 380 g/mol. The SMILES string of the molecule is CCCCCCCCCCCCC(=O)OCC(=O)c1ccc(Br)cc1. The van der Waals surface area contributed by atoms with Crippen molar-refractivity contribution in [2.45, 2.75) is 77.6 Å². The number of halogens is 1. The van der Waals surface area contributed by atoms with Crippen molar-refractivity contribution < 1.29 is 14.3 Å². The Morgan fingerprint density at radius 3 is 1.92 bits per heavy atom. The van der Waals surface area contributed by atoms with Crippen molar-refractivity contribution in [1.82, 2.24) is 0 Å². The van der Waals surface area contributed by atoms with Crippen molar-refractivity contribution >= 4 is 27.7 Å². The molecule has 4 heteroatoms. The van der Waals surface area contributed by atoms with E-state index in [0.717, 1.165) is 17.3 Å². The number of unbranched alkanes of at least 4 members (excludes halogenated alkanes) is 9. The van der Waals surface area contributed by atoms with Gasteiger partial charge < -0.3 is 4.74 Å². The average molecular weight is 411 g/mol. The van der Waals surface area contributed by atoms with E-state index in [1.165, 1.54) is 51.4 Å². The summed E-state index contributed by atoms with van der Waals surface area (Å²) in [5.41, 5.74) is 0.565. The molecule has 0 aliphatic rings. The largest absolute Gasteiger partial charge is 0.457 e. The average Bonchev–Trinajstić information content (AvgIpc) is 2.62. The second kappa shape index (κ2) is 14.1. The van der Waals surface area contributed by atoms with Crippen LogP contribution in [-0.4, -0.2) is 18.4 Å². The highest BCUT2D eigenvalue weighted by Crippen LogP contribution is 2.13. The van der Waals surface area contributed by atoms with Crippen molar-refractivity contribution in [1.29, 1.82) is 0 Å². The Kier molecular flexibility index (Phi) is 12.3. The Labute approximate surface area is 160 Å². The lowest BCUT2D eigenvalue weighted by atomic mass is 10.1. The number of hydrogen-bond acceptors (Lipinski definition) is 3. The van der Waals surface area contributed by atoms with Gasteiger partial charge >= 0.3 is 5.97 Å². The maximum Gasteiger partial charge on any atom is 0.306 e. The first-order chi connectivity index (χ1) is 12.1. The summed E-state index contributed by atoms with van der Waals surface area (Å²) in [4.78, 5) is 23.6. The summed E-state index contributed by atoms with van der Waals surface area (Å²) in [7, 11) is 0. The first kappa shape index (κ1) is 21.9. The molecule has 0 aromatic heterocycles. The number of ether oxygens (including phenoxy) is 1. The zero-order valence-corrected chi connectivity index (χ0v) is 17.0. The molecule has 0 heterocycles. The van der Waals surface area contributed by atoms with Crippen molar-refractivity contribution in [3.63, 3.8) is 0 Å². The zero-order valence-electron chi connectivity index (χ0n) is 15.4. The summed E-state index contributed by atoms with van der Waals surface area (Å²) >= 11 is 3.32. The highest BCUT2D eigenvalue weighted by molar-refractivity contribution is 9.10. The number of carbonyl (C=O) groups is 2. The quantitative estimate of drug-likeness (QED) is 0.200. The summed E-state index contributed by atoms with van der Waals surface area (Å²) in [5, 5.41) is 0. The molecule has 0 saturated heterocycles. The summed E-state index contributed by atoms with van der Waals surface area (Å²) in [6, 6.07) is 7.06. The van der Waals surface area contributed by atoms with E-state index >= 15 is 0 Å². The fraction of sp³-hybridized carbons (Fsp3) is 0.619. The van der Waals surface area contributed by atoms with E-state index in [0.29, 0.717) is 12.0 Å². The van der Waals surface area contributed by atoms with E-state index in [2.05, 4.69) is 22.9 Å². The number of hydrogen-bond donors (Lipinski definition) is 0. The molecule has 0 aliphatic heterocycles. The number of carbonyl (C=O) groups excluding carboxylic acids is 2. The van der Waals surface area contributed by atoms with Crippen LogP contribution in [0, 0.1) is 0 Å². The van der Waals surface area contributed by atoms with Gasteiger partial charge in [-0.3, -0.25) is 9.59 Å². The van der Waals surface area contributed by atoms with Crippen LogP contribution < -0.4 is 0 Å². The van der Waals surface area contributed by atoms with Crippen LogP contribution in [0.3, 0.4) is 0 Å². The maximum atomic E-state index is 11.9. The van der Waals surface area contributed by atoms with E-state index in [9.17, 15) is 9.59 Å². The molecule has 0 saturated carbocycles. The molecule has 3 nitrogen and oxygen atoms in total. The standard InChI is InChI=1S/C21H31BrO3/c1-2-3-4-5-6-7-8-9-10-11-12-21(24)25-17-20(23)18-13-15-19(22)16-14-18/h13-16H,2-12,17H2,1H3.